The molecule has 2 N–H and O–H groups in total. The highest BCUT2D eigenvalue weighted by Gasteiger charge is 2.55. The van der Waals surface area contributed by atoms with Gasteiger partial charge in [0.2, 0.25) is 5.91 Å². The van der Waals surface area contributed by atoms with Gasteiger partial charge in [0.05, 0.1) is 6.61 Å². The Labute approximate surface area is 159 Å². The molecule has 1 saturated heterocycles. The molecule has 0 unspecified atom stereocenters. The third-order valence-electron chi connectivity index (χ3n) is 5.14. The van der Waals surface area contributed by atoms with Crippen LogP contribution in [0.1, 0.15) is 45.6 Å². The van der Waals surface area contributed by atoms with Gasteiger partial charge in [-0.3, -0.25) is 14.5 Å². The van der Waals surface area contributed by atoms with Crippen molar-refractivity contribution in [2.75, 3.05) is 13.2 Å². The highest BCUT2D eigenvalue weighted by atomic mass is 16.5. The third-order valence-corrected chi connectivity index (χ3v) is 5.14. The lowest BCUT2D eigenvalue weighted by molar-refractivity contribution is -0.136. The van der Waals surface area contributed by atoms with Gasteiger partial charge in [0.25, 0.3) is 5.91 Å². The number of ether oxygens (including phenoxy) is 1. The van der Waals surface area contributed by atoms with Crippen LogP contribution in [0.4, 0.5) is 4.79 Å². The zero-order valence-corrected chi connectivity index (χ0v) is 16.1. The zero-order chi connectivity index (χ0) is 19.6. The minimum Gasteiger partial charge on any atom is -0.493 e. The molecule has 7 nitrogen and oxygen atoms in total. The third kappa shape index (κ3) is 3.77. The maximum Gasteiger partial charge on any atom is 0.325 e. The second-order valence-electron chi connectivity index (χ2n) is 7.76. The van der Waals surface area contributed by atoms with E-state index in [1.807, 2.05) is 13.0 Å². The molecule has 2 heterocycles. The number of amides is 4. The van der Waals surface area contributed by atoms with E-state index < -0.39 is 17.5 Å². The van der Waals surface area contributed by atoms with Crippen molar-refractivity contribution in [3.63, 3.8) is 0 Å². The summed E-state index contributed by atoms with van der Waals surface area (Å²) in [5.74, 6) is 0.426. The molecule has 1 spiro atoms. The highest BCUT2D eigenvalue weighted by Crippen LogP contribution is 2.40. The summed E-state index contributed by atoms with van der Waals surface area (Å²) < 4.78 is 5.61. The molecule has 3 rings (SSSR count). The normalized spacial score (nSPS) is 22.4. The van der Waals surface area contributed by atoms with Gasteiger partial charge >= 0.3 is 6.03 Å². The maximum atomic E-state index is 13.1. The molecule has 146 valence electrons. The number of nitrogens with zero attached hydrogens (tertiary/aromatic N) is 1. The van der Waals surface area contributed by atoms with E-state index in [4.69, 9.17) is 4.74 Å². The lowest BCUT2D eigenvalue weighted by Crippen LogP contribution is -2.48. The molecule has 0 bridgehead atoms. The number of carbonyl (C=O) groups is 3. The van der Waals surface area contributed by atoms with Gasteiger partial charge in [-0.2, -0.15) is 0 Å². The Balaban J connectivity index is 1.70. The van der Waals surface area contributed by atoms with E-state index in [-0.39, 0.29) is 18.5 Å². The monoisotopic (exact) mass is 373 g/mol. The Kier molecular flexibility index (Phi) is 5.39. The van der Waals surface area contributed by atoms with Crippen molar-refractivity contribution in [3.05, 3.63) is 29.8 Å². The second-order valence-corrected chi connectivity index (χ2v) is 7.76. The van der Waals surface area contributed by atoms with Crippen molar-refractivity contribution in [2.24, 2.45) is 5.92 Å². The number of nitrogens with one attached hydrogen (secondary N) is 2. The van der Waals surface area contributed by atoms with Crippen LogP contribution >= 0.6 is 0 Å². The lowest BCUT2D eigenvalue weighted by atomic mass is 9.84. The molecule has 7 heteroatoms. The van der Waals surface area contributed by atoms with Crippen LogP contribution in [0.25, 0.3) is 0 Å². The van der Waals surface area contributed by atoms with E-state index >= 15 is 0 Å². The van der Waals surface area contributed by atoms with Crippen LogP contribution in [-0.4, -0.2) is 41.9 Å². The van der Waals surface area contributed by atoms with Crippen LogP contribution in [-0.2, 0) is 15.1 Å². The van der Waals surface area contributed by atoms with Crippen LogP contribution in [0.5, 0.6) is 5.75 Å². The predicted octanol–water partition coefficient (Wildman–Crippen LogP) is 2.16. The Hall–Kier alpha value is -2.57. The number of hydrogen-bond donors (Lipinski definition) is 2. The number of urea groups is 1. The van der Waals surface area contributed by atoms with Gasteiger partial charge in [-0.25, -0.2) is 4.79 Å². The fourth-order valence-electron chi connectivity index (χ4n) is 3.64. The summed E-state index contributed by atoms with van der Waals surface area (Å²) in [6, 6.07) is 6.65. The Morgan fingerprint density at radius 1 is 1.26 bits per heavy atom. The summed E-state index contributed by atoms with van der Waals surface area (Å²) >= 11 is 0. The van der Waals surface area contributed by atoms with E-state index in [1.165, 1.54) is 0 Å². The molecule has 4 amide bonds. The minimum absolute atomic E-state index is 0.00145. The zero-order valence-electron chi connectivity index (χ0n) is 16.1. The number of carbonyl (C=O) groups excluding carboxylic acids is 3. The van der Waals surface area contributed by atoms with Crippen LogP contribution in [0.2, 0.25) is 0 Å². The number of rotatable bonds is 6. The van der Waals surface area contributed by atoms with Gasteiger partial charge in [-0.1, -0.05) is 32.0 Å². The predicted molar refractivity (Wildman–Crippen MR) is 100 cm³/mol. The van der Waals surface area contributed by atoms with Gasteiger partial charge in [-0.05, 0) is 31.7 Å². The van der Waals surface area contributed by atoms with E-state index in [1.54, 1.807) is 18.2 Å². The van der Waals surface area contributed by atoms with Gasteiger partial charge in [0.15, 0.2) is 5.54 Å². The largest absolute Gasteiger partial charge is 0.493 e. The summed E-state index contributed by atoms with van der Waals surface area (Å²) in [5.41, 5.74) is -0.502. The number of imide groups is 1. The quantitative estimate of drug-likeness (QED) is 0.748. The summed E-state index contributed by atoms with van der Waals surface area (Å²) in [6.07, 6.45) is 2.21. The second kappa shape index (κ2) is 7.58. The summed E-state index contributed by atoms with van der Waals surface area (Å²) in [4.78, 5) is 38.9. The number of benzene rings is 1. The molecule has 0 aliphatic carbocycles. The summed E-state index contributed by atoms with van der Waals surface area (Å²) in [5, 5.41) is 5.68. The molecule has 2 aliphatic rings. The van der Waals surface area contributed by atoms with E-state index in [2.05, 4.69) is 24.5 Å². The average Bonchev–Trinajstić information content (AvgIpc) is 2.85. The molecule has 0 saturated carbocycles. The molecule has 0 radical (unpaired) electrons. The topological polar surface area (TPSA) is 87.7 Å². The van der Waals surface area contributed by atoms with Gasteiger partial charge in [-0.15, -0.1) is 0 Å². The standard InChI is InChI=1S/C20H27N3O4/c1-13(2)8-9-14(3)21-17(24)12-23-18(25)20(22-19(23)26)10-11-27-16-7-5-4-6-15(16)20/h4-7,13-14H,8-12H2,1-3H3,(H,21,24)(H,22,26)/t14-,20-/m1/s1. The first kappa shape index (κ1) is 19.2. The van der Waals surface area contributed by atoms with Crippen molar-refractivity contribution in [1.29, 1.82) is 0 Å². The van der Waals surface area contributed by atoms with Gasteiger partial charge < -0.3 is 15.4 Å². The summed E-state index contributed by atoms with van der Waals surface area (Å²) in [6.45, 7) is 6.25. The molecule has 0 aromatic heterocycles. The van der Waals surface area contributed by atoms with Gasteiger partial charge in [0.1, 0.15) is 12.3 Å². The first-order valence-corrected chi connectivity index (χ1v) is 9.49. The number of para-hydroxylation sites is 1. The minimum atomic E-state index is -1.14. The molecule has 1 fully saturated rings. The Morgan fingerprint density at radius 3 is 2.74 bits per heavy atom. The van der Waals surface area contributed by atoms with Crippen molar-refractivity contribution < 1.29 is 19.1 Å². The van der Waals surface area contributed by atoms with Crippen molar-refractivity contribution in [1.82, 2.24) is 15.5 Å². The Bertz CT molecular complexity index is 748. The van der Waals surface area contributed by atoms with Crippen LogP contribution in [0.15, 0.2) is 24.3 Å². The van der Waals surface area contributed by atoms with Crippen molar-refractivity contribution in [2.45, 2.75) is 51.6 Å². The van der Waals surface area contributed by atoms with E-state index in [9.17, 15) is 14.4 Å². The molecule has 1 aromatic carbocycles. The Morgan fingerprint density at radius 2 is 2.00 bits per heavy atom. The van der Waals surface area contributed by atoms with Crippen LogP contribution in [0, 0.1) is 5.92 Å². The smallest absolute Gasteiger partial charge is 0.325 e. The average molecular weight is 373 g/mol. The van der Waals surface area contributed by atoms with Crippen molar-refractivity contribution in [3.8, 4) is 5.75 Å². The molecule has 2 atom stereocenters. The van der Waals surface area contributed by atoms with E-state index in [0.29, 0.717) is 30.3 Å². The first-order chi connectivity index (χ1) is 12.8. The summed E-state index contributed by atoms with van der Waals surface area (Å²) in [7, 11) is 0. The number of fused-ring (bicyclic) bond motifs is 2. The maximum absolute atomic E-state index is 13.1. The van der Waals surface area contributed by atoms with Gasteiger partial charge in [0, 0.05) is 18.0 Å². The first-order valence-electron chi connectivity index (χ1n) is 9.49. The van der Waals surface area contributed by atoms with E-state index in [0.717, 1.165) is 17.7 Å². The lowest BCUT2D eigenvalue weighted by Gasteiger charge is -2.33. The fraction of sp³-hybridized carbons (Fsp3) is 0.550. The SMILES string of the molecule is CC(C)CC[C@@H](C)NC(=O)CN1C(=O)N[C@@]2(CCOc3ccccc32)C1=O. The molecule has 1 aromatic rings. The molecule has 2 aliphatic heterocycles. The fourth-order valence-corrected chi connectivity index (χ4v) is 3.64. The highest BCUT2D eigenvalue weighted by molar-refractivity contribution is 6.09. The van der Waals surface area contributed by atoms with Crippen molar-refractivity contribution >= 4 is 17.8 Å². The molecular formula is C20H27N3O4. The number of hydrogen-bond acceptors (Lipinski definition) is 4. The van der Waals surface area contributed by atoms with Crippen LogP contribution in [0.3, 0.4) is 0 Å². The molecule has 27 heavy (non-hydrogen) atoms. The van der Waals surface area contributed by atoms with Crippen LogP contribution < -0.4 is 15.4 Å². The molecular weight excluding hydrogens is 346 g/mol.